The summed E-state index contributed by atoms with van der Waals surface area (Å²) >= 11 is 0. The second-order valence-electron chi connectivity index (χ2n) is 12.5. The van der Waals surface area contributed by atoms with E-state index in [2.05, 4.69) is 111 Å². The van der Waals surface area contributed by atoms with Gasteiger partial charge in [-0.25, -0.2) is 0 Å². The van der Waals surface area contributed by atoms with Gasteiger partial charge < -0.3 is 0 Å². The molecule has 0 aliphatic heterocycles. The molecule has 218 valence electrons. The van der Waals surface area contributed by atoms with E-state index in [1.807, 2.05) is 0 Å². The predicted octanol–water partition coefficient (Wildman–Crippen LogP) is 9.02. The Bertz CT molecular complexity index is 326. The molecule has 0 fully saturated rings. The number of hydrogen-bond acceptors (Lipinski definition) is 0. The van der Waals surface area contributed by atoms with Crippen LogP contribution < -0.4 is 0 Å². The molecule has 0 heterocycles. The van der Waals surface area contributed by atoms with Gasteiger partial charge in [0.2, 0.25) is 0 Å². The van der Waals surface area contributed by atoms with E-state index < -0.39 is 0 Å². The first-order valence-corrected chi connectivity index (χ1v) is 21.4. The van der Waals surface area contributed by atoms with Gasteiger partial charge in [-0.15, -0.1) is 0 Å². The van der Waals surface area contributed by atoms with Gasteiger partial charge >= 0.3 is 33.6 Å². The molecule has 0 N–H and O–H groups in total. The molecule has 6 heteroatoms. The topological polar surface area (TPSA) is 0 Å². The van der Waals surface area contributed by atoms with E-state index in [-0.39, 0.29) is 65.2 Å². The van der Waals surface area contributed by atoms with Gasteiger partial charge in [-0.1, -0.05) is 0 Å². The van der Waals surface area contributed by atoms with Crippen LogP contribution in [0.25, 0.3) is 0 Å². The molecule has 0 aliphatic rings. The Hall–Kier alpha value is 2.73. The van der Waals surface area contributed by atoms with Crippen molar-refractivity contribution in [3.05, 3.63) is 0 Å². The summed E-state index contributed by atoms with van der Waals surface area (Å²) in [6.07, 6.45) is 6.24. The molecule has 0 saturated heterocycles. The van der Waals surface area contributed by atoms with Gasteiger partial charge in [0.1, 0.15) is 0 Å². The standard InChI is InChI=1S/2C14H32P2.2Co.4H/c2*1-11(2)15(12(3)4)9-10-16(13(5)6)14(7)8;;;;;;/h2*11-14H,9-10H2,1-8H3;;;;;;/p+4. The fourth-order valence-electron chi connectivity index (χ4n) is 5.55. The molecule has 0 amide bonds. The fourth-order valence-corrected chi connectivity index (χ4v) is 20.1. The molecule has 2 radical (unpaired) electrons. The average molecular weight is 651 g/mol. The second kappa shape index (κ2) is 23.6. The molecular formula is C28H72Co2P4+4. The van der Waals surface area contributed by atoms with Crippen molar-refractivity contribution in [2.24, 2.45) is 0 Å². The Morgan fingerprint density at radius 2 is 0.353 bits per heavy atom. The number of hydrogen-bond donors (Lipinski definition) is 0. The Morgan fingerprint density at radius 1 is 0.265 bits per heavy atom. The zero-order valence-electron chi connectivity index (χ0n) is 26.2. The van der Waals surface area contributed by atoms with E-state index in [4.69, 9.17) is 0 Å². The van der Waals surface area contributed by atoms with Gasteiger partial charge in [-0.05, 0) is 111 Å². The van der Waals surface area contributed by atoms with E-state index in [0.717, 1.165) is 45.3 Å². The minimum atomic E-state index is -0.114. The monoisotopic (exact) mass is 650 g/mol. The van der Waals surface area contributed by atoms with Crippen LogP contribution in [0.4, 0.5) is 0 Å². The van der Waals surface area contributed by atoms with Crippen LogP contribution in [0, 0.1) is 0 Å². The van der Waals surface area contributed by atoms with Crippen LogP contribution in [-0.4, -0.2) is 69.9 Å². The molecule has 0 rings (SSSR count). The zero-order valence-corrected chi connectivity index (χ0v) is 32.6. The van der Waals surface area contributed by atoms with Crippen LogP contribution in [0.15, 0.2) is 0 Å². The molecule has 0 unspecified atom stereocenters. The summed E-state index contributed by atoms with van der Waals surface area (Å²) in [6.45, 7) is 39.0. The summed E-state index contributed by atoms with van der Waals surface area (Å²) in [5.74, 6) is 0. The van der Waals surface area contributed by atoms with Crippen LogP contribution >= 0.6 is 31.7 Å². The van der Waals surface area contributed by atoms with Crippen molar-refractivity contribution in [3.8, 4) is 0 Å². The summed E-state index contributed by atoms with van der Waals surface area (Å²) in [4.78, 5) is 0. The molecule has 0 aliphatic carbocycles. The third kappa shape index (κ3) is 19.8. The Labute approximate surface area is 244 Å². The predicted molar refractivity (Wildman–Crippen MR) is 179 cm³/mol. The van der Waals surface area contributed by atoms with Crippen LogP contribution in [-0.2, 0) is 33.6 Å². The van der Waals surface area contributed by atoms with Crippen molar-refractivity contribution in [2.45, 2.75) is 156 Å². The average Bonchev–Trinajstić information content (AvgIpc) is 2.59. The van der Waals surface area contributed by atoms with Gasteiger partial charge in [0.05, 0.1) is 69.9 Å². The van der Waals surface area contributed by atoms with E-state index >= 15 is 0 Å². The van der Waals surface area contributed by atoms with Gasteiger partial charge in [0, 0.05) is 31.7 Å². The molecule has 0 nitrogen and oxygen atoms in total. The van der Waals surface area contributed by atoms with E-state index in [9.17, 15) is 0 Å². The number of rotatable bonds is 14. The van der Waals surface area contributed by atoms with Crippen LogP contribution in [0.2, 0.25) is 0 Å². The first kappa shape index (κ1) is 43.8. The normalized spacial score (nSPS) is 12.4. The molecule has 34 heavy (non-hydrogen) atoms. The van der Waals surface area contributed by atoms with E-state index in [1.54, 1.807) is 24.6 Å². The maximum absolute atomic E-state index is 2.44. The van der Waals surface area contributed by atoms with Crippen LogP contribution in [0.3, 0.4) is 0 Å². The third-order valence-corrected chi connectivity index (χ3v) is 23.5. The van der Waals surface area contributed by atoms with E-state index in [1.165, 1.54) is 0 Å². The van der Waals surface area contributed by atoms with Gasteiger partial charge in [-0.3, -0.25) is 0 Å². The Kier molecular flexibility index (Phi) is 30.4. The Morgan fingerprint density at radius 3 is 0.412 bits per heavy atom. The molecule has 0 spiro atoms. The van der Waals surface area contributed by atoms with E-state index in [0.29, 0.717) is 0 Å². The van der Waals surface area contributed by atoms with Crippen LogP contribution in [0.5, 0.6) is 0 Å². The van der Waals surface area contributed by atoms with Gasteiger partial charge in [0.25, 0.3) is 0 Å². The first-order chi connectivity index (χ1) is 14.5. The van der Waals surface area contributed by atoms with Crippen LogP contribution in [0.1, 0.15) is 111 Å². The van der Waals surface area contributed by atoms with Crippen molar-refractivity contribution < 1.29 is 33.6 Å². The molecule has 0 bridgehead atoms. The second-order valence-corrected chi connectivity index (χ2v) is 28.4. The summed E-state index contributed by atoms with van der Waals surface area (Å²) in [5.41, 5.74) is 7.61. The van der Waals surface area contributed by atoms with Crippen molar-refractivity contribution in [1.82, 2.24) is 0 Å². The third-order valence-electron chi connectivity index (χ3n) is 7.34. The first-order valence-electron chi connectivity index (χ1n) is 14.0. The summed E-state index contributed by atoms with van der Waals surface area (Å²) in [5, 5.41) is 0. The molecule has 0 aromatic heterocycles. The summed E-state index contributed by atoms with van der Waals surface area (Å²) in [7, 11) is -0.458. The maximum atomic E-state index is 2.44. The molecule has 0 aromatic rings. The summed E-state index contributed by atoms with van der Waals surface area (Å²) < 4.78 is 0. The molecule has 0 atom stereocenters. The van der Waals surface area contributed by atoms with Crippen molar-refractivity contribution in [1.29, 1.82) is 0 Å². The fraction of sp³-hybridized carbons (Fsp3) is 1.00. The summed E-state index contributed by atoms with van der Waals surface area (Å²) in [6, 6.07) is 0. The molecule has 0 aromatic carbocycles. The van der Waals surface area contributed by atoms with Crippen molar-refractivity contribution >= 4 is 31.7 Å². The molecule has 0 saturated carbocycles. The van der Waals surface area contributed by atoms with Crippen molar-refractivity contribution in [2.75, 3.05) is 24.6 Å². The van der Waals surface area contributed by atoms with Crippen molar-refractivity contribution in [3.63, 3.8) is 0 Å². The minimum absolute atomic E-state index is 0. The van der Waals surface area contributed by atoms with Gasteiger partial charge in [0.15, 0.2) is 0 Å². The Balaban J connectivity index is -0.000000250. The molecular weight excluding hydrogens is 578 g/mol. The quantitative estimate of drug-likeness (QED) is 0.165. The SMILES string of the molecule is CC(C)[PH+](CC[PH+](C(C)C)C(C)C)C(C)C.CC(C)[PH+](CC[PH+](C(C)C)C(C)C)C(C)C.[CoH2].[CoH2]. The van der Waals surface area contributed by atoms with Gasteiger partial charge in [-0.2, -0.15) is 0 Å². The zero-order chi connectivity index (χ0) is 25.8.